The largest absolute Gasteiger partial charge is 0.392 e. The van der Waals surface area contributed by atoms with Crippen LogP contribution >= 0.6 is 22.6 Å². The molecule has 0 unspecified atom stereocenters. The van der Waals surface area contributed by atoms with Crippen LogP contribution in [0.15, 0.2) is 9.66 Å². The third-order valence-electron chi connectivity index (χ3n) is 0.436. The lowest BCUT2D eigenvalue weighted by Crippen LogP contribution is -1.78. The molecule has 0 amide bonds. The van der Waals surface area contributed by atoms with E-state index in [0.717, 1.165) is 5.57 Å². The number of aliphatic hydroxyl groups is 1. The molecule has 0 aliphatic rings. The molecule has 0 spiro atoms. The molecule has 0 aliphatic carbocycles. The number of aliphatic hydroxyl groups excluding tert-OH is 1. The molecule has 0 bridgehead atoms. The van der Waals surface area contributed by atoms with Crippen molar-refractivity contribution in [2.24, 2.45) is 0 Å². The predicted octanol–water partition coefficient (Wildman–Crippen LogP) is 1.32. The molecule has 0 saturated heterocycles. The highest BCUT2D eigenvalue weighted by molar-refractivity contribution is 14.1. The van der Waals surface area contributed by atoms with Crippen molar-refractivity contribution < 1.29 is 5.11 Å². The Hall–Kier alpha value is 0.430. The molecule has 0 heterocycles. The van der Waals surface area contributed by atoms with Crippen LogP contribution in [-0.2, 0) is 0 Å². The van der Waals surface area contributed by atoms with Crippen LogP contribution in [0.5, 0.6) is 0 Å². The van der Waals surface area contributed by atoms with Gasteiger partial charge in [-0.15, -0.1) is 0 Å². The quantitative estimate of drug-likeness (QED) is 0.630. The normalized spacial score (nSPS) is 12.2. The first kappa shape index (κ1) is 6.43. The smallest absolute Gasteiger partial charge is 0.0646 e. The highest BCUT2D eigenvalue weighted by Crippen LogP contribution is 1.93. The molecule has 0 aromatic rings. The van der Waals surface area contributed by atoms with Crippen LogP contribution in [-0.4, -0.2) is 11.7 Å². The van der Waals surface area contributed by atoms with Crippen molar-refractivity contribution in [3.05, 3.63) is 9.66 Å². The summed E-state index contributed by atoms with van der Waals surface area (Å²) in [6, 6.07) is 0. The second kappa shape index (κ2) is 3.61. The Kier molecular flexibility index (Phi) is 3.87. The van der Waals surface area contributed by atoms with Gasteiger partial charge in [-0.05, 0) is 16.6 Å². The fraction of sp³-hybridized carbons (Fsp3) is 0.500. The summed E-state index contributed by atoms with van der Waals surface area (Å²) in [5, 5.41) is 8.26. The van der Waals surface area contributed by atoms with E-state index in [4.69, 9.17) is 5.11 Å². The average Bonchev–Trinajstić information content (AvgIpc) is 1.65. The molecule has 0 saturated carbocycles. The Balaban J connectivity index is 3.22. The summed E-state index contributed by atoms with van der Waals surface area (Å²) in [4.78, 5) is 0. The molecule has 2 heteroatoms. The molecule has 0 rings (SSSR count). The highest BCUT2D eigenvalue weighted by atomic mass is 127. The summed E-state index contributed by atoms with van der Waals surface area (Å²) in [6.07, 6.45) is 0. The van der Waals surface area contributed by atoms with Gasteiger partial charge in [0, 0.05) is 0 Å². The fourth-order valence-electron chi connectivity index (χ4n) is 0.0345. The van der Waals surface area contributed by atoms with Crippen molar-refractivity contribution in [3.63, 3.8) is 0 Å². The van der Waals surface area contributed by atoms with Crippen molar-refractivity contribution in [1.82, 2.24) is 0 Å². The SMILES string of the molecule is CC(=CI)CO. The van der Waals surface area contributed by atoms with E-state index in [9.17, 15) is 0 Å². The van der Waals surface area contributed by atoms with Gasteiger partial charge in [-0.3, -0.25) is 0 Å². The molecule has 0 aromatic heterocycles. The van der Waals surface area contributed by atoms with Crippen molar-refractivity contribution in [2.45, 2.75) is 6.92 Å². The third-order valence-corrected chi connectivity index (χ3v) is 1.50. The zero-order valence-corrected chi connectivity index (χ0v) is 5.77. The topological polar surface area (TPSA) is 20.2 Å². The lowest BCUT2D eigenvalue weighted by Gasteiger charge is -1.83. The molecule has 0 radical (unpaired) electrons. The van der Waals surface area contributed by atoms with Gasteiger partial charge in [0.25, 0.3) is 0 Å². The Morgan fingerprint density at radius 3 is 2.50 bits per heavy atom. The van der Waals surface area contributed by atoms with Crippen LogP contribution in [0.4, 0.5) is 0 Å². The minimum Gasteiger partial charge on any atom is -0.392 e. The molecule has 36 valence electrons. The first-order chi connectivity index (χ1) is 2.81. The number of hydrogen-bond donors (Lipinski definition) is 1. The van der Waals surface area contributed by atoms with E-state index in [1.165, 1.54) is 0 Å². The van der Waals surface area contributed by atoms with Crippen molar-refractivity contribution in [2.75, 3.05) is 6.61 Å². The maximum atomic E-state index is 8.26. The van der Waals surface area contributed by atoms with E-state index in [2.05, 4.69) is 22.6 Å². The molecule has 0 fully saturated rings. The van der Waals surface area contributed by atoms with E-state index in [1.54, 1.807) is 0 Å². The van der Waals surface area contributed by atoms with E-state index in [1.807, 2.05) is 11.0 Å². The molecule has 6 heavy (non-hydrogen) atoms. The first-order valence-corrected chi connectivity index (χ1v) is 2.92. The third kappa shape index (κ3) is 2.66. The Morgan fingerprint density at radius 2 is 2.50 bits per heavy atom. The van der Waals surface area contributed by atoms with Gasteiger partial charge in [-0.1, -0.05) is 22.6 Å². The minimum atomic E-state index is 0.183. The van der Waals surface area contributed by atoms with E-state index < -0.39 is 0 Å². The van der Waals surface area contributed by atoms with Gasteiger partial charge >= 0.3 is 0 Å². The summed E-state index contributed by atoms with van der Waals surface area (Å²) in [5.41, 5.74) is 1.01. The van der Waals surface area contributed by atoms with Crippen LogP contribution in [0, 0.1) is 0 Å². The Labute approximate surface area is 51.2 Å². The van der Waals surface area contributed by atoms with E-state index in [-0.39, 0.29) is 6.61 Å². The highest BCUT2D eigenvalue weighted by Gasteiger charge is 1.75. The van der Waals surface area contributed by atoms with Crippen LogP contribution < -0.4 is 0 Å². The predicted molar refractivity (Wildman–Crippen MR) is 34.9 cm³/mol. The molecular formula is C4H7IO. The maximum absolute atomic E-state index is 8.26. The Bertz CT molecular complexity index is 58.6. The van der Waals surface area contributed by atoms with Gasteiger partial charge in [0.2, 0.25) is 0 Å². The number of rotatable bonds is 1. The van der Waals surface area contributed by atoms with E-state index in [0.29, 0.717) is 0 Å². The van der Waals surface area contributed by atoms with Gasteiger partial charge in [0.15, 0.2) is 0 Å². The zero-order valence-electron chi connectivity index (χ0n) is 3.61. The summed E-state index contributed by atoms with van der Waals surface area (Å²) in [6.45, 7) is 2.06. The number of hydrogen-bond acceptors (Lipinski definition) is 1. The van der Waals surface area contributed by atoms with Crippen molar-refractivity contribution in [1.29, 1.82) is 0 Å². The fourth-order valence-corrected chi connectivity index (χ4v) is 0.231. The second-order valence-corrected chi connectivity index (χ2v) is 1.74. The monoisotopic (exact) mass is 198 g/mol. The molecule has 0 aliphatic heterocycles. The van der Waals surface area contributed by atoms with Crippen molar-refractivity contribution in [3.8, 4) is 0 Å². The maximum Gasteiger partial charge on any atom is 0.0646 e. The second-order valence-electron chi connectivity index (χ2n) is 1.11. The van der Waals surface area contributed by atoms with Gasteiger partial charge in [0.05, 0.1) is 6.61 Å². The van der Waals surface area contributed by atoms with Gasteiger partial charge in [-0.25, -0.2) is 0 Å². The van der Waals surface area contributed by atoms with Crippen LogP contribution in [0.25, 0.3) is 0 Å². The molecule has 1 N–H and O–H groups in total. The lowest BCUT2D eigenvalue weighted by atomic mass is 10.4. The summed E-state index contributed by atoms with van der Waals surface area (Å²) >= 11 is 2.09. The standard InChI is InChI=1S/C4H7IO/c1-4(2-5)3-6/h2,6H,3H2,1H3. The van der Waals surface area contributed by atoms with Gasteiger partial charge < -0.3 is 5.11 Å². The van der Waals surface area contributed by atoms with Crippen molar-refractivity contribution >= 4 is 22.6 Å². The molecule has 0 aromatic carbocycles. The summed E-state index contributed by atoms with van der Waals surface area (Å²) in [7, 11) is 0. The van der Waals surface area contributed by atoms with Crippen LogP contribution in [0.2, 0.25) is 0 Å². The van der Waals surface area contributed by atoms with E-state index >= 15 is 0 Å². The van der Waals surface area contributed by atoms with Gasteiger partial charge in [0.1, 0.15) is 0 Å². The van der Waals surface area contributed by atoms with Gasteiger partial charge in [-0.2, -0.15) is 0 Å². The number of halogens is 1. The molecule has 0 atom stereocenters. The molecule has 1 nitrogen and oxygen atoms in total. The summed E-state index contributed by atoms with van der Waals surface area (Å²) < 4.78 is 1.86. The van der Waals surface area contributed by atoms with Crippen LogP contribution in [0.3, 0.4) is 0 Å². The average molecular weight is 198 g/mol. The first-order valence-electron chi connectivity index (χ1n) is 1.68. The van der Waals surface area contributed by atoms with Crippen LogP contribution in [0.1, 0.15) is 6.92 Å². The lowest BCUT2D eigenvalue weighted by molar-refractivity contribution is 0.332. The minimum absolute atomic E-state index is 0.183. The Morgan fingerprint density at radius 1 is 2.00 bits per heavy atom. The molecular weight excluding hydrogens is 191 g/mol. The summed E-state index contributed by atoms with van der Waals surface area (Å²) in [5.74, 6) is 0. The zero-order chi connectivity index (χ0) is 4.99.